The van der Waals surface area contributed by atoms with Gasteiger partial charge in [-0.15, -0.1) is 6.42 Å². The average molecular weight is 391 g/mol. The number of ether oxygens (including phenoxy) is 2. The second kappa shape index (κ2) is 9.45. The molecular weight excluding hydrogens is 370 g/mol. The Hall–Kier alpha value is -4.03. The Morgan fingerprint density at radius 1 is 0.700 bits per heavy atom. The SMILES string of the molecule is C#Cc1cc(-c2ccc(OCc3ccccc3)nc2)ccc1OCc1ccccc1. The van der Waals surface area contributed by atoms with Gasteiger partial charge in [-0.1, -0.05) is 72.7 Å². The molecule has 3 aromatic carbocycles. The molecule has 0 aliphatic carbocycles. The lowest BCUT2D eigenvalue weighted by molar-refractivity contribution is 0.294. The van der Waals surface area contributed by atoms with Crippen LogP contribution in [0.15, 0.2) is 97.2 Å². The van der Waals surface area contributed by atoms with Gasteiger partial charge in [-0.25, -0.2) is 4.98 Å². The third-order valence-corrected chi connectivity index (χ3v) is 4.67. The lowest BCUT2D eigenvalue weighted by Crippen LogP contribution is -1.98. The van der Waals surface area contributed by atoms with Gasteiger partial charge in [-0.3, -0.25) is 0 Å². The zero-order valence-corrected chi connectivity index (χ0v) is 16.5. The van der Waals surface area contributed by atoms with Crippen LogP contribution in [0.3, 0.4) is 0 Å². The van der Waals surface area contributed by atoms with Crippen molar-refractivity contribution in [3.05, 3.63) is 114 Å². The molecule has 0 aliphatic rings. The van der Waals surface area contributed by atoms with Gasteiger partial charge in [0.25, 0.3) is 0 Å². The van der Waals surface area contributed by atoms with Crippen LogP contribution in [0, 0.1) is 12.3 Å². The molecule has 3 nitrogen and oxygen atoms in total. The van der Waals surface area contributed by atoms with Gasteiger partial charge >= 0.3 is 0 Å². The second-order valence-corrected chi connectivity index (χ2v) is 6.79. The normalized spacial score (nSPS) is 10.2. The summed E-state index contributed by atoms with van der Waals surface area (Å²) in [5.41, 5.74) is 4.87. The summed E-state index contributed by atoms with van der Waals surface area (Å²) in [5.74, 6) is 4.00. The molecule has 1 aromatic heterocycles. The predicted octanol–water partition coefficient (Wildman–Crippen LogP) is 5.89. The minimum Gasteiger partial charge on any atom is -0.488 e. The molecule has 0 radical (unpaired) electrons. The fourth-order valence-corrected chi connectivity index (χ4v) is 3.05. The van der Waals surface area contributed by atoms with Crippen molar-refractivity contribution in [3.8, 4) is 35.1 Å². The summed E-state index contributed by atoms with van der Waals surface area (Å²) in [6.07, 6.45) is 7.51. The largest absolute Gasteiger partial charge is 0.488 e. The van der Waals surface area contributed by atoms with Crippen molar-refractivity contribution >= 4 is 0 Å². The van der Waals surface area contributed by atoms with Gasteiger partial charge in [0.15, 0.2) is 0 Å². The highest BCUT2D eigenvalue weighted by atomic mass is 16.5. The number of terminal acetylenes is 1. The van der Waals surface area contributed by atoms with E-state index in [9.17, 15) is 0 Å². The molecule has 0 saturated carbocycles. The predicted molar refractivity (Wildman–Crippen MR) is 119 cm³/mol. The van der Waals surface area contributed by atoms with E-state index in [0.717, 1.165) is 22.3 Å². The van der Waals surface area contributed by atoms with E-state index in [4.69, 9.17) is 15.9 Å². The molecule has 4 aromatic rings. The van der Waals surface area contributed by atoms with E-state index in [1.807, 2.05) is 91.0 Å². The fourth-order valence-electron chi connectivity index (χ4n) is 3.05. The summed E-state index contributed by atoms with van der Waals surface area (Å²) in [7, 11) is 0. The number of nitrogens with zero attached hydrogens (tertiary/aromatic N) is 1. The summed E-state index contributed by atoms with van der Waals surface area (Å²) in [6, 6.07) is 29.7. The maximum Gasteiger partial charge on any atom is 0.213 e. The topological polar surface area (TPSA) is 31.4 Å². The second-order valence-electron chi connectivity index (χ2n) is 6.79. The molecule has 0 amide bonds. The van der Waals surface area contributed by atoms with Gasteiger partial charge in [0.2, 0.25) is 5.88 Å². The first-order chi connectivity index (χ1) is 14.8. The van der Waals surface area contributed by atoms with E-state index in [1.54, 1.807) is 6.20 Å². The Morgan fingerprint density at radius 3 is 1.93 bits per heavy atom. The van der Waals surface area contributed by atoms with Crippen LogP contribution in [0.1, 0.15) is 16.7 Å². The van der Waals surface area contributed by atoms with E-state index in [0.29, 0.717) is 30.4 Å². The van der Waals surface area contributed by atoms with Crippen molar-refractivity contribution in [2.24, 2.45) is 0 Å². The summed E-state index contributed by atoms with van der Waals surface area (Å²) in [5, 5.41) is 0. The molecule has 146 valence electrons. The van der Waals surface area contributed by atoms with Crippen molar-refractivity contribution < 1.29 is 9.47 Å². The van der Waals surface area contributed by atoms with Crippen LogP contribution in [0.5, 0.6) is 11.6 Å². The number of pyridine rings is 1. The van der Waals surface area contributed by atoms with Crippen LogP contribution in [0.4, 0.5) is 0 Å². The van der Waals surface area contributed by atoms with Gasteiger partial charge in [0, 0.05) is 17.8 Å². The Kier molecular flexibility index (Phi) is 6.08. The summed E-state index contributed by atoms with van der Waals surface area (Å²) < 4.78 is 11.7. The van der Waals surface area contributed by atoms with E-state index in [1.165, 1.54) is 0 Å². The molecule has 0 saturated heterocycles. The van der Waals surface area contributed by atoms with Gasteiger partial charge < -0.3 is 9.47 Å². The first-order valence-corrected chi connectivity index (χ1v) is 9.72. The lowest BCUT2D eigenvalue weighted by Gasteiger charge is -2.11. The molecule has 1 heterocycles. The highest BCUT2D eigenvalue weighted by Crippen LogP contribution is 2.27. The van der Waals surface area contributed by atoms with E-state index >= 15 is 0 Å². The molecule has 3 heteroatoms. The van der Waals surface area contributed by atoms with Crippen molar-refractivity contribution in [1.29, 1.82) is 0 Å². The first-order valence-electron chi connectivity index (χ1n) is 9.72. The molecule has 0 unspecified atom stereocenters. The van der Waals surface area contributed by atoms with E-state index < -0.39 is 0 Å². The van der Waals surface area contributed by atoms with Crippen molar-refractivity contribution in [2.45, 2.75) is 13.2 Å². The first kappa shape index (κ1) is 19.3. The number of hydrogen-bond acceptors (Lipinski definition) is 3. The summed E-state index contributed by atoms with van der Waals surface area (Å²) in [4.78, 5) is 4.42. The molecule has 4 rings (SSSR count). The Bertz CT molecular complexity index is 1130. The third kappa shape index (κ3) is 4.87. The smallest absolute Gasteiger partial charge is 0.213 e. The molecular formula is C27H21NO2. The fraction of sp³-hybridized carbons (Fsp3) is 0.0741. The van der Waals surface area contributed by atoms with Gasteiger partial charge in [-0.2, -0.15) is 0 Å². The zero-order chi connectivity index (χ0) is 20.6. The van der Waals surface area contributed by atoms with Crippen molar-refractivity contribution in [3.63, 3.8) is 0 Å². The standard InChI is InChI=1S/C27H21NO2/c1-2-23-17-24(13-15-26(23)29-19-21-9-5-3-6-10-21)25-14-16-27(28-18-25)30-20-22-11-7-4-8-12-22/h1,3-18H,19-20H2. The number of aromatic nitrogens is 1. The molecule has 0 atom stereocenters. The minimum absolute atomic E-state index is 0.476. The van der Waals surface area contributed by atoms with E-state index in [-0.39, 0.29) is 0 Å². The molecule has 0 spiro atoms. The van der Waals surface area contributed by atoms with Crippen LogP contribution in [0.25, 0.3) is 11.1 Å². The number of benzene rings is 3. The number of hydrogen-bond donors (Lipinski definition) is 0. The van der Waals surface area contributed by atoms with E-state index in [2.05, 4.69) is 10.9 Å². The molecule has 0 bridgehead atoms. The molecule has 0 aliphatic heterocycles. The quantitative estimate of drug-likeness (QED) is 0.368. The summed E-state index contributed by atoms with van der Waals surface area (Å²) >= 11 is 0. The van der Waals surface area contributed by atoms with Crippen molar-refractivity contribution in [1.82, 2.24) is 4.98 Å². The van der Waals surface area contributed by atoms with Crippen molar-refractivity contribution in [2.75, 3.05) is 0 Å². The molecule has 0 fully saturated rings. The highest BCUT2D eigenvalue weighted by Gasteiger charge is 2.07. The Morgan fingerprint density at radius 2 is 1.33 bits per heavy atom. The summed E-state index contributed by atoms with van der Waals surface area (Å²) in [6.45, 7) is 0.964. The van der Waals surface area contributed by atoms with Crippen LogP contribution in [-0.4, -0.2) is 4.98 Å². The van der Waals surface area contributed by atoms with Gasteiger partial charge in [0.05, 0.1) is 5.56 Å². The zero-order valence-electron chi connectivity index (χ0n) is 16.5. The maximum atomic E-state index is 5.92. The van der Waals surface area contributed by atoms with Crippen LogP contribution >= 0.6 is 0 Å². The van der Waals surface area contributed by atoms with Crippen LogP contribution < -0.4 is 9.47 Å². The van der Waals surface area contributed by atoms with Gasteiger partial charge in [0.1, 0.15) is 19.0 Å². The minimum atomic E-state index is 0.476. The Labute approximate surface area is 177 Å². The monoisotopic (exact) mass is 391 g/mol. The third-order valence-electron chi connectivity index (χ3n) is 4.67. The maximum absolute atomic E-state index is 5.92. The lowest BCUT2D eigenvalue weighted by atomic mass is 10.0. The Balaban J connectivity index is 1.44. The van der Waals surface area contributed by atoms with Crippen LogP contribution in [0.2, 0.25) is 0 Å². The molecule has 30 heavy (non-hydrogen) atoms. The average Bonchev–Trinajstić information content (AvgIpc) is 2.83. The van der Waals surface area contributed by atoms with Crippen LogP contribution in [-0.2, 0) is 13.2 Å². The van der Waals surface area contributed by atoms with Gasteiger partial charge in [-0.05, 0) is 34.9 Å². The molecule has 0 N–H and O–H groups in total. The number of rotatable bonds is 7. The highest BCUT2D eigenvalue weighted by molar-refractivity contribution is 5.67.